The maximum absolute atomic E-state index is 13.1. The average molecular weight is 412 g/mol. The van der Waals surface area contributed by atoms with E-state index in [4.69, 9.17) is 4.43 Å². The highest BCUT2D eigenvalue weighted by Crippen LogP contribution is 2.38. The van der Waals surface area contributed by atoms with Crippen molar-refractivity contribution in [3.05, 3.63) is 29.8 Å². The third-order valence-corrected chi connectivity index (χ3v) is 11.7. The summed E-state index contributed by atoms with van der Waals surface area (Å²) in [6.07, 6.45) is 2.06. The van der Waals surface area contributed by atoms with Crippen LogP contribution in [0.5, 0.6) is 5.75 Å². The van der Waals surface area contributed by atoms with Gasteiger partial charge in [0.25, 0.3) is 0 Å². The minimum Gasteiger partial charge on any atom is -0.597 e. The Morgan fingerprint density at radius 3 is 1.93 bits per heavy atom. The quantitative estimate of drug-likeness (QED) is 0.353. The second-order valence-corrected chi connectivity index (χ2v) is 16.7. The second kappa shape index (κ2) is 9.34. The van der Waals surface area contributed by atoms with E-state index in [-0.39, 0.29) is 15.8 Å². The molecule has 0 aliphatic rings. The molecule has 0 amide bonds. The number of rotatable bonds is 8. The van der Waals surface area contributed by atoms with Crippen LogP contribution in [0.4, 0.5) is 0 Å². The zero-order valence-corrected chi connectivity index (χ0v) is 21.0. The summed E-state index contributed by atoms with van der Waals surface area (Å²) in [7, 11) is -1.84. The molecular weight excluding hydrogens is 370 g/mol. The van der Waals surface area contributed by atoms with E-state index in [1.54, 1.807) is 0 Å². The highest BCUT2D eigenvalue weighted by Gasteiger charge is 2.39. The van der Waals surface area contributed by atoms with Crippen LogP contribution >= 0.6 is 0 Å². The molecule has 0 aliphatic heterocycles. The molecule has 0 aromatic heterocycles. The van der Waals surface area contributed by atoms with Gasteiger partial charge in [0.1, 0.15) is 10.5 Å². The van der Waals surface area contributed by atoms with E-state index in [1.807, 2.05) is 20.8 Å². The van der Waals surface area contributed by atoms with Gasteiger partial charge < -0.3 is 8.98 Å². The molecule has 0 spiro atoms. The van der Waals surface area contributed by atoms with Crippen molar-refractivity contribution >= 4 is 19.7 Å². The van der Waals surface area contributed by atoms with E-state index in [2.05, 4.69) is 76.3 Å². The van der Waals surface area contributed by atoms with Crippen LogP contribution < -0.4 is 4.43 Å². The highest BCUT2D eigenvalue weighted by molar-refractivity contribution is 7.90. The molecule has 5 heteroatoms. The van der Waals surface area contributed by atoms with E-state index in [9.17, 15) is 4.55 Å². The molecule has 156 valence electrons. The molecule has 0 heterocycles. The third kappa shape index (κ3) is 6.52. The van der Waals surface area contributed by atoms with E-state index in [1.165, 1.54) is 5.56 Å². The Balaban J connectivity index is 3.10. The van der Waals surface area contributed by atoms with E-state index in [0.29, 0.717) is 0 Å². The largest absolute Gasteiger partial charge is 0.597 e. The number of benzene rings is 1. The van der Waals surface area contributed by atoms with Crippen molar-refractivity contribution in [1.29, 1.82) is 0 Å². The number of hydrogen-bond acceptors (Lipinski definition) is 3. The van der Waals surface area contributed by atoms with Gasteiger partial charge in [0, 0.05) is 17.9 Å². The van der Waals surface area contributed by atoms with Gasteiger partial charge in [-0.1, -0.05) is 46.2 Å². The molecule has 0 radical (unpaired) electrons. The maximum atomic E-state index is 13.1. The lowest BCUT2D eigenvalue weighted by molar-refractivity contribution is 0.310. The van der Waals surface area contributed by atoms with Crippen LogP contribution in [-0.4, -0.2) is 28.5 Å². The summed E-state index contributed by atoms with van der Waals surface area (Å²) in [4.78, 5) is 0. The zero-order chi connectivity index (χ0) is 21.0. The van der Waals surface area contributed by atoms with E-state index in [0.717, 1.165) is 25.1 Å². The highest BCUT2D eigenvalue weighted by atomic mass is 32.2. The van der Waals surface area contributed by atoms with Crippen molar-refractivity contribution in [2.75, 3.05) is 6.54 Å². The van der Waals surface area contributed by atoms with Crippen LogP contribution in [0.1, 0.15) is 79.8 Å². The summed E-state index contributed by atoms with van der Waals surface area (Å²) in [6.45, 7) is 22.5. The standard InChI is InChI=1S/C22H41NO2SSi/c1-11-13-20(23(12-2)26(24)21(3,4)5)18-14-16-19(17-15-18)25-27(9,10)22(6,7)8/h14-17,20H,11-13H2,1-10H3. The molecule has 1 rings (SSSR count). The predicted molar refractivity (Wildman–Crippen MR) is 122 cm³/mol. The van der Waals surface area contributed by atoms with Gasteiger partial charge in [0.05, 0.1) is 6.04 Å². The second-order valence-electron chi connectivity index (χ2n) is 9.83. The first kappa shape index (κ1) is 24.5. The van der Waals surface area contributed by atoms with Crippen LogP contribution in [0.25, 0.3) is 0 Å². The normalized spacial score (nSPS) is 15.7. The molecule has 2 unspecified atom stereocenters. The monoisotopic (exact) mass is 411 g/mol. The van der Waals surface area contributed by atoms with Gasteiger partial charge >= 0.3 is 0 Å². The van der Waals surface area contributed by atoms with Crippen molar-refractivity contribution in [2.45, 2.75) is 97.2 Å². The summed E-state index contributed by atoms with van der Waals surface area (Å²) in [5, 5.41) is 0.180. The van der Waals surface area contributed by atoms with Crippen molar-refractivity contribution in [2.24, 2.45) is 0 Å². The van der Waals surface area contributed by atoms with Crippen molar-refractivity contribution < 1.29 is 8.98 Å². The molecular formula is C22H41NO2SSi. The van der Waals surface area contributed by atoms with Gasteiger partial charge in [-0.3, -0.25) is 0 Å². The SMILES string of the molecule is CCCC(c1ccc(O[Si](C)(C)C(C)(C)C)cc1)N(CC)[S+]([O-])C(C)(C)C. The van der Waals surface area contributed by atoms with E-state index < -0.39 is 19.7 Å². The first-order valence-electron chi connectivity index (χ1n) is 10.2. The molecule has 1 aromatic carbocycles. The molecule has 1 aromatic rings. The first-order chi connectivity index (χ1) is 12.2. The minimum atomic E-state index is -1.84. The fourth-order valence-electron chi connectivity index (χ4n) is 2.76. The smallest absolute Gasteiger partial charge is 0.250 e. The Bertz CT molecular complexity index is 575. The zero-order valence-electron chi connectivity index (χ0n) is 19.2. The first-order valence-corrected chi connectivity index (χ1v) is 14.2. The van der Waals surface area contributed by atoms with Crippen LogP contribution in [0.2, 0.25) is 18.1 Å². The van der Waals surface area contributed by atoms with E-state index >= 15 is 0 Å². The number of hydrogen-bond donors (Lipinski definition) is 0. The Morgan fingerprint density at radius 2 is 1.56 bits per heavy atom. The Hall–Kier alpha value is -0.493. The molecule has 0 saturated carbocycles. The Kier molecular flexibility index (Phi) is 8.49. The molecule has 0 fully saturated rings. The summed E-state index contributed by atoms with van der Waals surface area (Å²) >= 11 is -1.03. The minimum absolute atomic E-state index is 0.168. The van der Waals surface area contributed by atoms with Gasteiger partial charge in [0.15, 0.2) is 0 Å². The molecule has 0 aliphatic carbocycles. The van der Waals surface area contributed by atoms with Crippen LogP contribution in [-0.2, 0) is 11.4 Å². The fourth-order valence-corrected chi connectivity index (χ4v) is 5.19. The summed E-state index contributed by atoms with van der Waals surface area (Å²) in [5.41, 5.74) is 1.22. The van der Waals surface area contributed by atoms with Gasteiger partial charge in [-0.05, 0) is 69.9 Å². The van der Waals surface area contributed by atoms with Crippen LogP contribution in [0.15, 0.2) is 24.3 Å². The lowest BCUT2D eigenvalue weighted by Gasteiger charge is -2.37. The molecule has 0 saturated heterocycles. The summed E-state index contributed by atoms with van der Waals surface area (Å²) < 4.78 is 21.4. The van der Waals surface area contributed by atoms with Gasteiger partial charge in [0.2, 0.25) is 8.32 Å². The van der Waals surface area contributed by atoms with Gasteiger partial charge in [-0.15, -0.1) is 4.31 Å². The molecule has 3 nitrogen and oxygen atoms in total. The Morgan fingerprint density at radius 1 is 1.04 bits per heavy atom. The van der Waals surface area contributed by atoms with Crippen molar-refractivity contribution in [3.8, 4) is 5.75 Å². The molecule has 0 bridgehead atoms. The lowest BCUT2D eigenvalue weighted by Crippen LogP contribution is -2.44. The maximum Gasteiger partial charge on any atom is 0.250 e. The third-order valence-electron chi connectivity index (χ3n) is 5.40. The molecule has 27 heavy (non-hydrogen) atoms. The fraction of sp³-hybridized carbons (Fsp3) is 0.727. The molecule has 0 N–H and O–H groups in total. The summed E-state index contributed by atoms with van der Waals surface area (Å²) in [6, 6.07) is 8.66. The van der Waals surface area contributed by atoms with Crippen molar-refractivity contribution in [3.63, 3.8) is 0 Å². The average Bonchev–Trinajstić information content (AvgIpc) is 2.53. The number of nitrogens with zero attached hydrogens (tertiary/aromatic N) is 1. The topological polar surface area (TPSA) is 35.5 Å². The van der Waals surface area contributed by atoms with Gasteiger partial charge in [-0.25, -0.2) is 0 Å². The van der Waals surface area contributed by atoms with Gasteiger partial charge in [-0.2, -0.15) is 0 Å². The predicted octanol–water partition coefficient (Wildman–Crippen LogP) is 6.70. The van der Waals surface area contributed by atoms with Crippen LogP contribution in [0.3, 0.4) is 0 Å². The van der Waals surface area contributed by atoms with Crippen LogP contribution in [0, 0.1) is 0 Å². The lowest BCUT2D eigenvalue weighted by atomic mass is 10.0. The Labute approximate surface area is 172 Å². The molecule has 2 atom stereocenters. The van der Waals surface area contributed by atoms with Crippen molar-refractivity contribution in [1.82, 2.24) is 4.31 Å². The summed E-state index contributed by atoms with van der Waals surface area (Å²) in [5.74, 6) is 0.945.